The third-order valence-corrected chi connectivity index (χ3v) is 2.32. The van der Waals surface area contributed by atoms with Crippen molar-refractivity contribution < 1.29 is 17.9 Å². The van der Waals surface area contributed by atoms with Gasteiger partial charge in [0.25, 0.3) is 0 Å². The first-order valence-corrected chi connectivity index (χ1v) is 4.57. The van der Waals surface area contributed by atoms with E-state index >= 15 is 0 Å². The standard InChI is InChI=1S/C9H7ClF3NO/c10-6-1-5-3-15-4-14-8(5)7(2-6)9(11,12)13/h1-2,14H,3-4H2. The van der Waals surface area contributed by atoms with Crippen LogP contribution >= 0.6 is 11.6 Å². The molecule has 0 unspecified atom stereocenters. The molecule has 0 aromatic heterocycles. The normalized spacial score (nSPS) is 15.7. The largest absolute Gasteiger partial charge is 0.418 e. The maximum atomic E-state index is 12.6. The topological polar surface area (TPSA) is 21.3 Å². The minimum absolute atomic E-state index is 0.0633. The Morgan fingerprint density at radius 3 is 2.73 bits per heavy atom. The lowest BCUT2D eigenvalue weighted by Gasteiger charge is -2.23. The quantitative estimate of drug-likeness (QED) is 0.748. The molecule has 0 bridgehead atoms. The molecule has 0 spiro atoms. The highest BCUT2D eigenvalue weighted by Gasteiger charge is 2.35. The van der Waals surface area contributed by atoms with E-state index < -0.39 is 11.7 Å². The smallest absolute Gasteiger partial charge is 0.362 e. The monoisotopic (exact) mass is 237 g/mol. The van der Waals surface area contributed by atoms with Crippen LogP contribution in [0.2, 0.25) is 5.02 Å². The molecular weight excluding hydrogens is 231 g/mol. The second kappa shape index (κ2) is 3.57. The van der Waals surface area contributed by atoms with Crippen LogP contribution in [0.25, 0.3) is 0 Å². The number of hydrogen-bond donors (Lipinski definition) is 1. The van der Waals surface area contributed by atoms with Crippen molar-refractivity contribution in [2.24, 2.45) is 0 Å². The van der Waals surface area contributed by atoms with Crippen molar-refractivity contribution in [2.75, 3.05) is 12.0 Å². The summed E-state index contributed by atoms with van der Waals surface area (Å²) in [6.45, 7) is 0.226. The van der Waals surface area contributed by atoms with Gasteiger partial charge in [-0.15, -0.1) is 0 Å². The molecule has 1 aromatic carbocycles. The van der Waals surface area contributed by atoms with Crippen molar-refractivity contribution >= 4 is 17.3 Å². The number of hydrogen-bond acceptors (Lipinski definition) is 2. The molecule has 0 aliphatic carbocycles. The highest BCUT2D eigenvalue weighted by Crippen LogP contribution is 2.39. The Bertz CT molecular complexity index is 392. The van der Waals surface area contributed by atoms with Crippen LogP contribution in [-0.2, 0) is 17.5 Å². The lowest BCUT2D eigenvalue weighted by Crippen LogP contribution is -2.19. The SMILES string of the molecule is FC(F)(F)c1cc(Cl)cc2c1NCOC2. The highest BCUT2D eigenvalue weighted by molar-refractivity contribution is 6.30. The minimum Gasteiger partial charge on any atom is -0.362 e. The van der Waals surface area contributed by atoms with Crippen molar-refractivity contribution in [1.82, 2.24) is 0 Å². The van der Waals surface area contributed by atoms with E-state index in [1.54, 1.807) is 0 Å². The summed E-state index contributed by atoms with van der Waals surface area (Å²) in [4.78, 5) is 0. The zero-order valence-corrected chi connectivity index (χ0v) is 8.24. The number of anilines is 1. The fourth-order valence-electron chi connectivity index (χ4n) is 1.49. The van der Waals surface area contributed by atoms with Gasteiger partial charge in [-0.1, -0.05) is 11.6 Å². The average Bonchev–Trinajstić information content (AvgIpc) is 2.15. The summed E-state index contributed by atoms with van der Waals surface area (Å²) in [5, 5.41) is 2.63. The molecule has 2 nitrogen and oxygen atoms in total. The lowest BCUT2D eigenvalue weighted by molar-refractivity contribution is -0.137. The molecule has 82 valence electrons. The van der Waals surface area contributed by atoms with E-state index in [1.165, 1.54) is 6.07 Å². The van der Waals surface area contributed by atoms with Crippen molar-refractivity contribution in [3.8, 4) is 0 Å². The molecule has 0 radical (unpaired) electrons. The van der Waals surface area contributed by atoms with Crippen molar-refractivity contribution in [3.63, 3.8) is 0 Å². The number of alkyl halides is 3. The Morgan fingerprint density at radius 2 is 2.07 bits per heavy atom. The van der Waals surface area contributed by atoms with Gasteiger partial charge in [-0.05, 0) is 12.1 Å². The van der Waals surface area contributed by atoms with Crippen LogP contribution < -0.4 is 5.32 Å². The van der Waals surface area contributed by atoms with Gasteiger partial charge in [-0.2, -0.15) is 13.2 Å². The van der Waals surface area contributed by atoms with Crippen LogP contribution in [0, 0.1) is 0 Å². The number of benzene rings is 1. The molecule has 1 aliphatic heterocycles. The van der Waals surface area contributed by atoms with E-state index in [2.05, 4.69) is 5.32 Å². The Kier molecular flexibility index (Phi) is 2.52. The zero-order chi connectivity index (χ0) is 11.1. The summed E-state index contributed by atoms with van der Waals surface area (Å²) < 4.78 is 42.8. The average molecular weight is 238 g/mol. The van der Waals surface area contributed by atoms with Crippen LogP contribution in [-0.4, -0.2) is 6.73 Å². The second-order valence-corrected chi connectivity index (χ2v) is 3.59. The predicted octanol–water partition coefficient (Wildman–Crippen LogP) is 3.26. The second-order valence-electron chi connectivity index (χ2n) is 3.15. The highest BCUT2D eigenvalue weighted by atomic mass is 35.5. The fraction of sp³-hybridized carbons (Fsp3) is 0.333. The van der Waals surface area contributed by atoms with Crippen LogP contribution in [0.5, 0.6) is 0 Å². The van der Waals surface area contributed by atoms with Crippen molar-refractivity contribution in [2.45, 2.75) is 12.8 Å². The predicted molar refractivity (Wildman–Crippen MR) is 49.7 cm³/mol. The van der Waals surface area contributed by atoms with E-state index in [1.807, 2.05) is 0 Å². The summed E-state index contributed by atoms with van der Waals surface area (Å²) in [7, 11) is 0. The number of nitrogens with one attached hydrogen (secondary N) is 1. The van der Waals surface area contributed by atoms with Gasteiger partial charge in [0.05, 0.1) is 17.9 Å². The van der Waals surface area contributed by atoms with E-state index in [0.29, 0.717) is 5.56 Å². The molecule has 1 heterocycles. The zero-order valence-electron chi connectivity index (χ0n) is 7.49. The number of halogens is 4. The van der Waals surface area contributed by atoms with Gasteiger partial charge < -0.3 is 10.1 Å². The minimum atomic E-state index is -4.40. The van der Waals surface area contributed by atoms with Crippen LogP contribution in [0.1, 0.15) is 11.1 Å². The number of fused-ring (bicyclic) bond motifs is 1. The summed E-state index contributed by atoms with van der Waals surface area (Å²) in [5.74, 6) is 0. The van der Waals surface area contributed by atoms with E-state index in [-0.39, 0.29) is 24.0 Å². The fourth-order valence-corrected chi connectivity index (χ4v) is 1.73. The Labute approximate surface area is 89.0 Å². The Hall–Kier alpha value is -0.940. The molecule has 1 aromatic rings. The third kappa shape index (κ3) is 2.03. The summed E-state index contributed by atoms with van der Waals surface area (Å²) in [6, 6.07) is 2.39. The van der Waals surface area contributed by atoms with Gasteiger partial charge in [-0.25, -0.2) is 0 Å². The van der Waals surface area contributed by atoms with Crippen molar-refractivity contribution in [1.29, 1.82) is 0 Å². The molecule has 15 heavy (non-hydrogen) atoms. The van der Waals surface area contributed by atoms with Crippen LogP contribution in [0.3, 0.4) is 0 Å². The van der Waals surface area contributed by atoms with Gasteiger partial charge >= 0.3 is 6.18 Å². The lowest BCUT2D eigenvalue weighted by atomic mass is 10.1. The van der Waals surface area contributed by atoms with E-state index in [4.69, 9.17) is 16.3 Å². The summed E-state index contributed by atoms with van der Waals surface area (Å²) in [5.41, 5.74) is -0.243. The first-order chi connectivity index (χ1) is 6.98. The van der Waals surface area contributed by atoms with Gasteiger partial charge in [0.15, 0.2) is 0 Å². The van der Waals surface area contributed by atoms with Gasteiger partial charge in [0.1, 0.15) is 6.73 Å². The van der Waals surface area contributed by atoms with Gasteiger partial charge in [0, 0.05) is 10.6 Å². The first-order valence-electron chi connectivity index (χ1n) is 4.20. The van der Waals surface area contributed by atoms with Crippen LogP contribution in [0.4, 0.5) is 18.9 Å². The molecule has 1 aliphatic rings. The molecule has 0 saturated heterocycles. The molecule has 0 amide bonds. The number of ether oxygens (including phenoxy) is 1. The Morgan fingerprint density at radius 1 is 1.33 bits per heavy atom. The number of rotatable bonds is 0. The van der Waals surface area contributed by atoms with E-state index in [0.717, 1.165) is 6.07 Å². The van der Waals surface area contributed by atoms with E-state index in [9.17, 15) is 13.2 Å². The summed E-state index contributed by atoms with van der Waals surface area (Å²) in [6.07, 6.45) is -4.40. The third-order valence-electron chi connectivity index (χ3n) is 2.10. The first kappa shape index (κ1) is 10.6. The molecule has 2 rings (SSSR count). The maximum Gasteiger partial charge on any atom is 0.418 e. The molecule has 0 saturated carbocycles. The van der Waals surface area contributed by atoms with Gasteiger partial charge in [0.2, 0.25) is 0 Å². The molecule has 1 N–H and O–H groups in total. The molecule has 0 fully saturated rings. The molecule has 0 atom stereocenters. The summed E-state index contributed by atoms with van der Waals surface area (Å²) >= 11 is 5.60. The van der Waals surface area contributed by atoms with Crippen molar-refractivity contribution in [3.05, 3.63) is 28.3 Å². The molecule has 6 heteroatoms. The maximum absolute atomic E-state index is 12.6. The Balaban J connectivity index is 2.58. The molecular formula is C9H7ClF3NO. The van der Waals surface area contributed by atoms with Crippen LogP contribution in [0.15, 0.2) is 12.1 Å². The van der Waals surface area contributed by atoms with Gasteiger partial charge in [-0.3, -0.25) is 0 Å².